The fourth-order valence-corrected chi connectivity index (χ4v) is 1.37. The summed E-state index contributed by atoms with van der Waals surface area (Å²) in [7, 11) is 4.03. The van der Waals surface area contributed by atoms with Crippen molar-refractivity contribution in [2.24, 2.45) is 0 Å². The van der Waals surface area contributed by atoms with Gasteiger partial charge in [-0.3, -0.25) is 4.90 Å². The van der Waals surface area contributed by atoms with Crippen molar-refractivity contribution in [3.05, 3.63) is 0 Å². The summed E-state index contributed by atoms with van der Waals surface area (Å²) < 4.78 is 0. The van der Waals surface area contributed by atoms with Gasteiger partial charge in [0.2, 0.25) is 0 Å². The second-order valence-corrected chi connectivity index (χ2v) is 3.70. The van der Waals surface area contributed by atoms with Crippen molar-refractivity contribution in [1.29, 1.82) is 0 Å². The third kappa shape index (κ3) is 2.71. The number of nitrogens with zero attached hydrogens (tertiary/aromatic N) is 2. The molecule has 0 saturated carbocycles. The third-order valence-corrected chi connectivity index (χ3v) is 2.20. The zero-order chi connectivity index (χ0) is 9.14. The first-order valence-corrected chi connectivity index (χ1v) is 4.33. The van der Waals surface area contributed by atoms with Crippen LogP contribution in [0.2, 0.25) is 0 Å². The molecular formula is C8H18N2O2. The minimum Gasteiger partial charge on any atom is -0.389 e. The summed E-state index contributed by atoms with van der Waals surface area (Å²) in [5.41, 5.74) is 0. The zero-order valence-electron chi connectivity index (χ0n) is 7.77. The minimum absolute atomic E-state index is 0.549. The maximum atomic E-state index is 9.23. The van der Waals surface area contributed by atoms with E-state index < -0.39 is 12.2 Å². The van der Waals surface area contributed by atoms with E-state index in [-0.39, 0.29) is 0 Å². The summed E-state index contributed by atoms with van der Waals surface area (Å²) in [5, 5.41) is 18.5. The molecule has 1 heterocycles. The molecule has 1 aliphatic rings. The average Bonchev–Trinajstić information content (AvgIpc) is 2.28. The highest BCUT2D eigenvalue weighted by Crippen LogP contribution is 2.08. The number of likely N-dealkylation sites (tertiary alicyclic amines) is 1. The largest absolute Gasteiger partial charge is 0.389 e. The van der Waals surface area contributed by atoms with E-state index in [4.69, 9.17) is 0 Å². The lowest BCUT2D eigenvalue weighted by Gasteiger charge is -2.17. The maximum absolute atomic E-state index is 9.23. The van der Waals surface area contributed by atoms with Gasteiger partial charge in [-0.15, -0.1) is 0 Å². The zero-order valence-corrected chi connectivity index (χ0v) is 7.77. The van der Waals surface area contributed by atoms with Gasteiger partial charge in [0.05, 0.1) is 12.2 Å². The van der Waals surface area contributed by atoms with Gasteiger partial charge < -0.3 is 15.1 Å². The van der Waals surface area contributed by atoms with Gasteiger partial charge in [0, 0.05) is 26.2 Å². The fraction of sp³-hybridized carbons (Fsp3) is 1.00. The van der Waals surface area contributed by atoms with Gasteiger partial charge >= 0.3 is 0 Å². The number of rotatable bonds is 3. The van der Waals surface area contributed by atoms with Gasteiger partial charge in [-0.05, 0) is 14.1 Å². The lowest BCUT2D eigenvalue weighted by molar-refractivity contribution is 0.0572. The Bertz CT molecular complexity index is 131. The van der Waals surface area contributed by atoms with Crippen LogP contribution in [-0.4, -0.2) is 72.5 Å². The number of aliphatic hydroxyl groups excluding tert-OH is 2. The lowest BCUT2D eigenvalue weighted by Crippen LogP contribution is -2.30. The summed E-state index contributed by atoms with van der Waals surface area (Å²) >= 11 is 0. The topological polar surface area (TPSA) is 46.9 Å². The minimum atomic E-state index is -0.549. The molecule has 0 radical (unpaired) electrons. The van der Waals surface area contributed by atoms with Gasteiger partial charge in [0.1, 0.15) is 0 Å². The maximum Gasteiger partial charge on any atom is 0.0938 e. The summed E-state index contributed by atoms with van der Waals surface area (Å²) in [5.74, 6) is 0. The highest BCUT2D eigenvalue weighted by Gasteiger charge is 2.28. The first kappa shape index (κ1) is 9.92. The van der Waals surface area contributed by atoms with Crippen molar-refractivity contribution in [2.45, 2.75) is 12.2 Å². The van der Waals surface area contributed by atoms with Crippen LogP contribution in [0.15, 0.2) is 0 Å². The summed E-state index contributed by atoms with van der Waals surface area (Å²) in [6.45, 7) is 3.10. The molecule has 2 atom stereocenters. The SMILES string of the molecule is CN(C)CCN1C[C@@H](O)[C@H](O)C1. The van der Waals surface area contributed by atoms with E-state index >= 15 is 0 Å². The number of β-amino-alcohol motifs (C(OH)–C–C–N with tert-alkyl or cyclic N) is 2. The Morgan fingerprint density at radius 2 is 1.75 bits per heavy atom. The first-order valence-electron chi connectivity index (χ1n) is 4.33. The molecular weight excluding hydrogens is 156 g/mol. The molecule has 0 aromatic heterocycles. The molecule has 1 fully saturated rings. The molecule has 0 bridgehead atoms. The van der Waals surface area contributed by atoms with Crippen LogP contribution in [0.4, 0.5) is 0 Å². The Hall–Kier alpha value is -0.160. The molecule has 4 heteroatoms. The quantitative estimate of drug-likeness (QED) is 0.551. The van der Waals surface area contributed by atoms with Crippen LogP contribution in [0.1, 0.15) is 0 Å². The highest BCUT2D eigenvalue weighted by atomic mass is 16.3. The highest BCUT2D eigenvalue weighted by molar-refractivity contribution is 4.83. The van der Waals surface area contributed by atoms with Crippen molar-refractivity contribution < 1.29 is 10.2 Å². The van der Waals surface area contributed by atoms with Crippen molar-refractivity contribution in [3.8, 4) is 0 Å². The van der Waals surface area contributed by atoms with E-state index in [9.17, 15) is 10.2 Å². The van der Waals surface area contributed by atoms with Crippen LogP contribution >= 0.6 is 0 Å². The van der Waals surface area contributed by atoms with Crippen LogP contribution in [0, 0.1) is 0 Å². The fourth-order valence-electron chi connectivity index (χ4n) is 1.37. The molecule has 0 spiro atoms. The summed E-state index contributed by atoms with van der Waals surface area (Å²) in [6, 6.07) is 0. The molecule has 0 unspecified atom stereocenters. The van der Waals surface area contributed by atoms with E-state index in [0.717, 1.165) is 13.1 Å². The molecule has 72 valence electrons. The molecule has 12 heavy (non-hydrogen) atoms. The normalized spacial score (nSPS) is 31.8. The second kappa shape index (κ2) is 4.18. The smallest absolute Gasteiger partial charge is 0.0938 e. The Morgan fingerprint density at radius 3 is 2.17 bits per heavy atom. The Morgan fingerprint density at radius 1 is 1.25 bits per heavy atom. The van der Waals surface area contributed by atoms with E-state index in [1.165, 1.54) is 0 Å². The molecule has 1 rings (SSSR count). The Balaban J connectivity index is 2.19. The monoisotopic (exact) mass is 174 g/mol. The number of aliphatic hydroxyl groups is 2. The average molecular weight is 174 g/mol. The number of hydrogen-bond acceptors (Lipinski definition) is 4. The molecule has 0 amide bonds. The molecule has 4 nitrogen and oxygen atoms in total. The van der Waals surface area contributed by atoms with Crippen molar-refractivity contribution in [1.82, 2.24) is 9.80 Å². The van der Waals surface area contributed by atoms with Crippen molar-refractivity contribution >= 4 is 0 Å². The van der Waals surface area contributed by atoms with Crippen LogP contribution < -0.4 is 0 Å². The van der Waals surface area contributed by atoms with Gasteiger partial charge in [-0.2, -0.15) is 0 Å². The van der Waals surface area contributed by atoms with E-state index in [0.29, 0.717) is 13.1 Å². The lowest BCUT2D eigenvalue weighted by atomic mass is 10.3. The molecule has 1 saturated heterocycles. The standard InChI is InChI=1S/C8H18N2O2/c1-9(2)3-4-10-5-7(11)8(12)6-10/h7-8,11-12H,3-6H2,1-2H3/t7-,8-/m1/s1. The van der Waals surface area contributed by atoms with Crippen LogP contribution in [0.25, 0.3) is 0 Å². The van der Waals surface area contributed by atoms with Crippen LogP contribution in [-0.2, 0) is 0 Å². The molecule has 1 aliphatic heterocycles. The first-order chi connectivity index (χ1) is 5.59. The molecule has 0 aromatic carbocycles. The van der Waals surface area contributed by atoms with Crippen molar-refractivity contribution in [3.63, 3.8) is 0 Å². The second-order valence-electron chi connectivity index (χ2n) is 3.70. The molecule has 0 aliphatic carbocycles. The van der Waals surface area contributed by atoms with E-state index in [1.807, 2.05) is 14.1 Å². The van der Waals surface area contributed by atoms with Crippen molar-refractivity contribution in [2.75, 3.05) is 40.3 Å². The Labute approximate surface area is 73.4 Å². The molecule has 0 aromatic rings. The van der Waals surface area contributed by atoms with E-state index in [1.54, 1.807) is 0 Å². The van der Waals surface area contributed by atoms with E-state index in [2.05, 4.69) is 9.80 Å². The third-order valence-electron chi connectivity index (χ3n) is 2.20. The summed E-state index contributed by atoms with van der Waals surface area (Å²) in [4.78, 5) is 4.17. The number of likely N-dealkylation sites (N-methyl/N-ethyl adjacent to an activating group) is 1. The van der Waals surface area contributed by atoms with Crippen LogP contribution in [0.3, 0.4) is 0 Å². The number of hydrogen-bond donors (Lipinski definition) is 2. The Kier molecular flexibility index (Phi) is 3.46. The summed E-state index contributed by atoms with van der Waals surface area (Å²) in [6.07, 6.45) is -1.10. The van der Waals surface area contributed by atoms with Gasteiger partial charge in [-0.25, -0.2) is 0 Å². The van der Waals surface area contributed by atoms with Gasteiger partial charge in [0.15, 0.2) is 0 Å². The molecule has 2 N–H and O–H groups in total. The van der Waals surface area contributed by atoms with Gasteiger partial charge in [-0.1, -0.05) is 0 Å². The predicted octanol–water partition coefficient (Wildman–Crippen LogP) is -1.41. The van der Waals surface area contributed by atoms with Crippen LogP contribution in [0.5, 0.6) is 0 Å². The van der Waals surface area contributed by atoms with Gasteiger partial charge in [0.25, 0.3) is 0 Å². The predicted molar refractivity (Wildman–Crippen MR) is 47.0 cm³/mol.